The molecule has 0 aliphatic carbocycles. The van der Waals surface area contributed by atoms with Gasteiger partial charge < -0.3 is 9.47 Å². The number of hydrazone groups is 1. The number of hydrogen-bond acceptors (Lipinski definition) is 4. The molecule has 0 radical (unpaired) electrons. The maximum atomic E-state index is 11.9. The third-order valence-electron chi connectivity index (χ3n) is 3.67. The molecule has 0 bridgehead atoms. The van der Waals surface area contributed by atoms with E-state index in [1.807, 2.05) is 49.4 Å². The van der Waals surface area contributed by atoms with Gasteiger partial charge in [0.25, 0.3) is 5.91 Å². The normalized spacial score (nSPS) is 10.9. The molecule has 2 aromatic rings. The average Bonchev–Trinajstić information content (AvgIpc) is 2.60. The van der Waals surface area contributed by atoms with Gasteiger partial charge >= 0.3 is 0 Å². The van der Waals surface area contributed by atoms with E-state index in [0.717, 1.165) is 28.2 Å². The Morgan fingerprint density at radius 2 is 1.92 bits per heavy atom. The predicted octanol–water partition coefficient (Wildman–Crippen LogP) is 3.66. The van der Waals surface area contributed by atoms with Gasteiger partial charge in [0, 0.05) is 0 Å². The first-order valence-electron chi connectivity index (χ1n) is 8.19. The summed E-state index contributed by atoms with van der Waals surface area (Å²) in [6.07, 6.45) is 1.57. The molecule has 0 atom stereocenters. The van der Waals surface area contributed by atoms with E-state index in [1.54, 1.807) is 13.3 Å². The second-order valence-electron chi connectivity index (χ2n) is 6.05. The maximum Gasteiger partial charge on any atom is 0.277 e. The minimum atomic E-state index is -0.305. The summed E-state index contributed by atoms with van der Waals surface area (Å²) in [5.74, 6) is 1.53. The summed E-state index contributed by atoms with van der Waals surface area (Å²) in [6, 6.07) is 13.4. The lowest BCUT2D eigenvalue weighted by atomic mass is 10.0. The van der Waals surface area contributed by atoms with Crippen molar-refractivity contribution in [1.29, 1.82) is 0 Å². The highest BCUT2D eigenvalue weighted by Gasteiger charge is 2.10. The molecule has 0 heterocycles. The fourth-order valence-corrected chi connectivity index (χ4v) is 2.29. The van der Waals surface area contributed by atoms with Crippen LogP contribution in [-0.2, 0) is 4.79 Å². The first kappa shape index (κ1) is 18.5. The number of rotatable bonds is 7. The average molecular weight is 340 g/mol. The van der Waals surface area contributed by atoms with Crippen LogP contribution in [0.25, 0.3) is 0 Å². The Kier molecular flexibility index (Phi) is 6.57. The van der Waals surface area contributed by atoms with Gasteiger partial charge in [-0.05, 0) is 59.9 Å². The Balaban J connectivity index is 1.88. The number of methoxy groups -OCH3 is 1. The van der Waals surface area contributed by atoms with E-state index >= 15 is 0 Å². The van der Waals surface area contributed by atoms with Crippen LogP contribution in [0.4, 0.5) is 0 Å². The highest BCUT2D eigenvalue weighted by atomic mass is 16.5. The van der Waals surface area contributed by atoms with E-state index in [1.165, 1.54) is 0 Å². The molecule has 5 nitrogen and oxygen atoms in total. The predicted molar refractivity (Wildman–Crippen MR) is 99.5 cm³/mol. The van der Waals surface area contributed by atoms with Crippen LogP contribution in [0.5, 0.6) is 11.5 Å². The first-order valence-corrected chi connectivity index (χ1v) is 8.19. The lowest BCUT2D eigenvalue weighted by molar-refractivity contribution is -0.123. The molecular weight excluding hydrogens is 316 g/mol. The molecule has 0 aliphatic rings. The van der Waals surface area contributed by atoms with Gasteiger partial charge in [0.1, 0.15) is 11.5 Å². The van der Waals surface area contributed by atoms with Gasteiger partial charge in [0.2, 0.25) is 0 Å². The van der Waals surface area contributed by atoms with Crippen molar-refractivity contribution in [3.05, 3.63) is 59.2 Å². The van der Waals surface area contributed by atoms with Gasteiger partial charge in [-0.25, -0.2) is 5.43 Å². The molecule has 25 heavy (non-hydrogen) atoms. The Morgan fingerprint density at radius 1 is 1.20 bits per heavy atom. The van der Waals surface area contributed by atoms with Gasteiger partial charge in [0.15, 0.2) is 6.61 Å². The Morgan fingerprint density at radius 3 is 2.56 bits per heavy atom. The van der Waals surface area contributed by atoms with Crippen molar-refractivity contribution in [2.24, 2.45) is 5.10 Å². The zero-order chi connectivity index (χ0) is 18.2. The summed E-state index contributed by atoms with van der Waals surface area (Å²) in [7, 11) is 1.61. The SMILES string of the molecule is COc1ccc(C=NNC(=O)COc2cc(C)ccc2C(C)C)cc1. The van der Waals surface area contributed by atoms with Crippen molar-refractivity contribution in [3.8, 4) is 11.5 Å². The van der Waals surface area contributed by atoms with E-state index in [9.17, 15) is 4.79 Å². The molecule has 0 spiro atoms. The van der Waals surface area contributed by atoms with Crippen molar-refractivity contribution in [3.63, 3.8) is 0 Å². The molecule has 2 aromatic carbocycles. The Labute approximate surface area is 148 Å². The smallest absolute Gasteiger partial charge is 0.277 e. The van der Waals surface area contributed by atoms with Crippen LogP contribution in [0.1, 0.15) is 36.5 Å². The summed E-state index contributed by atoms with van der Waals surface area (Å²) < 4.78 is 10.8. The monoisotopic (exact) mass is 340 g/mol. The molecule has 0 unspecified atom stereocenters. The molecule has 0 aliphatic heterocycles. The third-order valence-corrected chi connectivity index (χ3v) is 3.67. The summed E-state index contributed by atoms with van der Waals surface area (Å²) in [6.45, 7) is 6.10. The number of nitrogens with zero attached hydrogens (tertiary/aromatic N) is 1. The molecular formula is C20H24N2O3. The summed E-state index contributed by atoms with van der Waals surface area (Å²) in [4.78, 5) is 11.9. The fraction of sp³-hybridized carbons (Fsp3) is 0.300. The number of benzene rings is 2. The lowest BCUT2D eigenvalue weighted by Gasteiger charge is -2.14. The van der Waals surface area contributed by atoms with Crippen molar-refractivity contribution < 1.29 is 14.3 Å². The molecule has 0 fully saturated rings. The Hall–Kier alpha value is -2.82. The van der Waals surface area contributed by atoms with Crippen LogP contribution in [-0.4, -0.2) is 25.8 Å². The number of ether oxygens (including phenoxy) is 2. The highest BCUT2D eigenvalue weighted by Crippen LogP contribution is 2.27. The van der Waals surface area contributed by atoms with Gasteiger partial charge in [-0.15, -0.1) is 0 Å². The summed E-state index contributed by atoms with van der Waals surface area (Å²) in [5.41, 5.74) is 5.51. The number of aryl methyl sites for hydroxylation is 1. The number of nitrogens with one attached hydrogen (secondary N) is 1. The maximum absolute atomic E-state index is 11.9. The molecule has 132 valence electrons. The minimum absolute atomic E-state index is 0.0802. The quantitative estimate of drug-likeness (QED) is 0.618. The van der Waals surface area contributed by atoms with Gasteiger partial charge in [-0.2, -0.15) is 5.10 Å². The highest BCUT2D eigenvalue weighted by molar-refractivity contribution is 5.83. The number of hydrogen-bond donors (Lipinski definition) is 1. The minimum Gasteiger partial charge on any atom is -0.497 e. The standard InChI is InChI=1S/C20H24N2O3/c1-14(2)18-10-5-15(3)11-19(18)25-13-20(23)22-21-12-16-6-8-17(24-4)9-7-16/h5-12,14H,13H2,1-4H3,(H,22,23). The van der Waals surface area contributed by atoms with E-state index < -0.39 is 0 Å². The van der Waals surface area contributed by atoms with E-state index in [4.69, 9.17) is 9.47 Å². The second kappa shape index (κ2) is 8.87. The van der Waals surface area contributed by atoms with Crippen molar-refractivity contribution >= 4 is 12.1 Å². The first-order chi connectivity index (χ1) is 12.0. The fourth-order valence-electron chi connectivity index (χ4n) is 2.29. The summed E-state index contributed by atoms with van der Waals surface area (Å²) >= 11 is 0. The molecule has 0 saturated heterocycles. The lowest BCUT2D eigenvalue weighted by Crippen LogP contribution is -2.25. The van der Waals surface area contributed by atoms with Crippen molar-refractivity contribution in [1.82, 2.24) is 5.43 Å². The van der Waals surface area contributed by atoms with Gasteiger partial charge in [0.05, 0.1) is 13.3 Å². The molecule has 2 rings (SSSR count). The van der Waals surface area contributed by atoms with Crippen LogP contribution in [0, 0.1) is 6.92 Å². The van der Waals surface area contributed by atoms with E-state index in [2.05, 4.69) is 24.4 Å². The molecule has 0 saturated carbocycles. The van der Waals surface area contributed by atoms with Crippen LogP contribution in [0.2, 0.25) is 0 Å². The largest absolute Gasteiger partial charge is 0.497 e. The summed E-state index contributed by atoms with van der Waals surface area (Å²) in [5, 5.41) is 3.94. The zero-order valence-electron chi connectivity index (χ0n) is 15.1. The van der Waals surface area contributed by atoms with Crippen LogP contribution in [0.15, 0.2) is 47.6 Å². The molecule has 1 N–H and O–H groups in total. The van der Waals surface area contributed by atoms with Crippen LogP contribution in [0.3, 0.4) is 0 Å². The zero-order valence-corrected chi connectivity index (χ0v) is 15.1. The van der Waals surface area contributed by atoms with Crippen molar-refractivity contribution in [2.75, 3.05) is 13.7 Å². The van der Waals surface area contributed by atoms with Crippen molar-refractivity contribution in [2.45, 2.75) is 26.7 Å². The third kappa shape index (κ3) is 5.64. The number of amides is 1. The topological polar surface area (TPSA) is 59.9 Å². The Bertz CT molecular complexity index is 737. The number of carbonyl (C=O) groups excluding carboxylic acids is 1. The second-order valence-corrected chi connectivity index (χ2v) is 6.05. The molecule has 0 aromatic heterocycles. The molecule has 1 amide bonds. The van der Waals surface area contributed by atoms with E-state index in [-0.39, 0.29) is 12.5 Å². The molecule has 5 heteroatoms. The van der Waals surface area contributed by atoms with Crippen LogP contribution < -0.4 is 14.9 Å². The van der Waals surface area contributed by atoms with Gasteiger partial charge in [-0.3, -0.25) is 4.79 Å². The number of carbonyl (C=O) groups is 1. The van der Waals surface area contributed by atoms with E-state index in [0.29, 0.717) is 5.92 Å². The van der Waals surface area contributed by atoms with Crippen LogP contribution >= 0.6 is 0 Å². The van der Waals surface area contributed by atoms with Gasteiger partial charge in [-0.1, -0.05) is 26.0 Å².